The van der Waals surface area contributed by atoms with Crippen LogP contribution in [0.25, 0.3) is 0 Å². The topological polar surface area (TPSA) is 38.1 Å². The van der Waals surface area contributed by atoms with Crippen LogP contribution < -0.4 is 0 Å². The highest BCUT2D eigenvalue weighted by Crippen LogP contribution is 2.26. The van der Waals surface area contributed by atoms with Gasteiger partial charge in [0.05, 0.1) is 21.8 Å². The molecule has 4 nitrogen and oxygen atoms in total. The molecule has 1 amide bonds. The minimum Gasteiger partial charge on any atom is -0.334 e. The minimum atomic E-state index is -0.169. The van der Waals surface area contributed by atoms with Crippen molar-refractivity contribution in [2.75, 3.05) is 6.54 Å². The molecule has 0 saturated carbocycles. The summed E-state index contributed by atoms with van der Waals surface area (Å²) in [6.07, 6.45) is 3.71. The Labute approximate surface area is 134 Å². The van der Waals surface area contributed by atoms with Gasteiger partial charge in [0.1, 0.15) is 0 Å². The second-order valence-electron chi connectivity index (χ2n) is 4.62. The fourth-order valence-corrected chi connectivity index (χ4v) is 2.63. The number of halogens is 2. The molecule has 0 aliphatic heterocycles. The molecule has 0 fully saturated rings. The zero-order valence-corrected chi connectivity index (χ0v) is 13.5. The Morgan fingerprint density at radius 3 is 2.48 bits per heavy atom. The molecule has 0 spiro atoms. The molecule has 0 unspecified atom stereocenters. The summed E-state index contributed by atoms with van der Waals surface area (Å²) in [7, 11) is 0. The third-order valence-corrected chi connectivity index (χ3v) is 3.86. The van der Waals surface area contributed by atoms with E-state index in [2.05, 4.69) is 5.10 Å². The number of benzene rings is 1. The first-order valence-electron chi connectivity index (χ1n) is 6.81. The third kappa shape index (κ3) is 3.57. The van der Waals surface area contributed by atoms with Crippen molar-refractivity contribution in [3.05, 3.63) is 51.8 Å². The van der Waals surface area contributed by atoms with Crippen molar-refractivity contribution in [2.24, 2.45) is 0 Å². The summed E-state index contributed by atoms with van der Waals surface area (Å²) in [4.78, 5) is 14.3. The van der Waals surface area contributed by atoms with Gasteiger partial charge in [-0.15, -0.1) is 0 Å². The van der Waals surface area contributed by atoms with Crippen LogP contribution in [-0.4, -0.2) is 27.1 Å². The van der Waals surface area contributed by atoms with Gasteiger partial charge in [-0.1, -0.05) is 29.3 Å². The van der Waals surface area contributed by atoms with Crippen molar-refractivity contribution < 1.29 is 4.79 Å². The predicted molar refractivity (Wildman–Crippen MR) is 84.8 cm³/mol. The molecule has 0 aliphatic rings. The molecule has 0 N–H and O–H groups in total. The SMILES string of the molecule is CCN(Cc1cnn(CC)c1)C(=O)c1c(Cl)cccc1Cl. The number of carbonyl (C=O) groups is 1. The fourth-order valence-electron chi connectivity index (χ4n) is 2.07. The maximum absolute atomic E-state index is 12.6. The number of hydrogen-bond donors (Lipinski definition) is 0. The summed E-state index contributed by atoms with van der Waals surface area (Å²) >= 11 is 12.2. The van der Waals surface area contributed by atoms with Gasteiger partial charge in [-0.3, -0.25) is 9.48 Å². The van der Waals surface area contributed by atoms with Crippen LogP contribution in [-0.2, 0) is 13.1 Å². The number of hydrogen-bond acceptors (Lipinski definition) is 2. The molecule has 0 atom stereocenters. The molecule has 2 aromatic rings. The summed E-state index contributed by atoms with van der Waals surface area (Å²) in [6.45, 7) is 5.79. The monoisotopic (exact) mass is 325 g/mol. The Morgan fingerprint density at radius 2 is 1.95 bits per heavy atom. The first-order valence-corrected chi connectivity index (χ1v) is 7.57. The zero-order chi connectivity index (χ0) is 15.4. The largest absolute Gasteiger partial charge is 0.334 e. The van der Waals surface area contributed by atoms with E-state index in [1.807, 2.05) is 24.7 Å². The first-order chi connectivity index (χ1) is 10.1. The molecule has 21 heavy (non-hydrogen) atoms. The molecule has 1 aromatic carbocycles. The van der Waals surface area contributed by atoms with Crippen molar-refractivity contribution in [3.8, 4) is 0 Å². The highest BCUT2D eigenvalue weighted by atomic mass is 35.5. The first kappa shape index (κ1) is 15.9. The van der Waals surface area contributed by atoms with Gasteiger partial charge in [0, 0.05) is 31.4 Å². The molecular formula is C15H17Cl2N3O. The summed E-state index contributed by atoms with van der Waals surface area (Å²) in [5.74, 6) is -0.169. The number of aryl methyl sites for hydroxylation is 1. The lowest BCUT2D eigenvalue weighted by Gasteiger charge is -2.21. The summed E-state index contributed by atoms with van der Waals surface area (Å²) in [6, 6.07) is 5.07. The lowest BCUT2D eigenvalue weighted by atomic mass is 10.2. The number of aromatic nitrogens is 2. The standard InChI is InChI=1S/C15H17Cl2N3O/c1-3-19(9-11-8-18-20(4-2)10-11)15(21)14-12(16)6-5-7-13(14)17/h5-8,10H,3-4,9H2,1-2H3. The van der Waals surface area contributed by atoms with E-state index in [0.29, 0.717) is 28.7 Å². The van der Waals surface area contributed by atoms with Crippen LogP contribution in [0.1, 0.15) is 29.8 Å². The van der Waals surface area contributed by atoms with Crippen molar-refractivity contribution in [3.63, 3.8) is 0 Å². The fraction of sp³-hybridized carbons (Fsp3) is 0.333. The van der Waals surface area contributed by atoms with Gasteiger partial charge in [-0.05, 0) is 26.0 Å². The molecule has 112 valence electrons. The number of nitrogens with zero attached hydrogens (tertiary/aromatic N) is 3. The van der Waals surface area contributed by atoms with Gasteiger partial charge in [-0.25, -0.2) is 0 Å². The average molecular weight is 326 g/mol. The Hall–Kier alpha value is -1.52. The van der Waals surface area contributed by atoms with Crippen LogP contribution in [0, 0.1) is 0 Å². The van der Waals surface area contributed by atoms with E-state index in [0.717, 1.165) is 12.1 Å². The van der Waals surface area contributed by atoms with Crippen LogP contribution in [0.4, 0.5) is 0 Å². The normalized spacial score (nSPS) is 10.7. The van der Waals surface area contributed by atoms with E-state index in [4.69, 9.17) is 23.2 Å². The number of rotatable bonds is 5. The molecule has 6 heteroatoms. The lowest BCUT2D eigenvalue weighted by Crippen LogP contribution is -2.30. The quantitative estimate of drug-likeness (QED) is 0.836. The van der Waals surface area contributed by atoms with Gasteiger partial charge < -0.3 is 4.90 Å². The van der Waals surface area contributed by atoms with E-state index in [1.165, 1.54) is 0 Å². The Morgan fingerprint density at radius 1 is 1.29 bits per heavy atom. The summed E-state index contributed by atoms with van der Waals surface area (Å²) in [5.41, 5.74) is 1.33. The highest BCUT2D eigenvalue weighted by molar-refractivity contribution is 6.39. The van der Waals surface area contributed by atoms with E-state index >= 15 is 0 Å². The van der Waals surface area contributed by atoms with E-state index in [9.17, 15) is 4.79 Å². The van der Waals surface area contributed by atoms with Gasteiger partial charge in [-0.2, -0.15) is 5.10 Å². The Balaban J connectivity index is 2.22. The van der Waals surface area contributed by atoms with Gasteiger partial charge >= 0.3 is 0 Å². The third-order valence-electron chi connectivity index (χ3n) is 3.23. The summed E-state index contributed by atoms with van der Waals surface area (Å²) < 4.78 is 1.83. The second kappa shape index (κ2) is 6.96. The molecule has 0 bridgehead atoms. The zero-order valence-electron chi connectivity index (χ0n) is 12.0. The van der Waals surface area contributed by atoms with Crippen LogP contribution in [0.5, 0.6) is 0 Å². The smallest absolute Gasteiger partial charge is 0.257 e. The molecule has 0 radical (unpaired) electrons. The van der Waals surface area contributed by atoms with E-state index in [1.54, 1.807) is 29.3 Å². The van der Waals surface area contributed by atoms with Gasteiger partial charge in [0.25, 0.3) is 5.91 Å². The van der Waals surface area contributed by atoms with Crippen molar-refractivity contribution in [1.29, 1.82) is 0 Å². The molecule has 1 heterocycles. The van der Waals surface area contributed by atoms with Crippen LogP contribution in [0.3, 0.4) is 0 Å². The van der Waals surface area contributed by atoms with Gasteiger partial charge in [0.2, 0.25) is 0 Å². The van der Waals surface area contributed by atoms with Crippen molar-refractivity contribution in [1.82, 2.24) is 14.7 Å². The van der Waals surface area contributed by atoms with Gasteiger partial charge in [0.15, 0.2) is 0 Å². The number of carbonyl (C=O) groups excluding carboxylic acids is 1. The summed E-state index contributed by atoms with van der Waals surface area (Å²) in [5, 5.41) is 4.96. The maximum atomic E-state index is 12.6. The Bertz CT molecular complexity index is 619. The molecular weight excluding hydrogens is 309 g/mol. The molecule has 0 saturated heterocycles. The molecule has 0 aliphatic carbocycles. The van der Waals surface area contributed by atoms with Crippen LogP contribution in [0.15, 0.2) is 30.6 Å². The maximum Gasteiger partial charge on any atom is 0.257 e. The second-order valence-corrected chi connectivity index (χ2v) is 5.43. The average Bonchev–Trinajstić information content (AvgIpc) is 2.92. The van der Waals surface area contributed by atoms with Crippen LogP contribution in [0.2, 0.25) is 10.0 Å². The predicted octanol–water partition coefficient (Wildman–Crippen LogP) is 3.87. The lowest BCUT2D eigenvalue weighted by molar-refractivity contribution is 0.0753. The minimum absolute atomic E-state index is 0.169. The van der Waals surface area contributed by atoms with E-state index in [-0.39, 0.29) is 5.91 Å². The molecule has 2 rings (SSSR count). The van der Waals surface area contributed by atoms with Crippen LogP contribution >= 0.6 is 23.2 Å². The van der Waals surface area contributed by atoms with E-state index < -0.39 is 0 Å². The Kier molecular flexibility index (Phi) is 5.26. The number of amides is 1. The van der Waals surface area contributed by atoms with Crippen molar-refractivity contribution in [2.45, 2.75) is 26.9 Å². The van der Waals surface area contributed by atoms with Crippen molar-refractivity contribution >= 4 is 29.1 Å². The molecule has 1 aromatic heterocycles. The highest BCUT2D eigenvalue weighted by Gasteiger charge is 2.20.